The van der Waals surface area contributed by atoms with E-state index in [1.165, 1.54) is 20.4 Å². The van der Waals surface area contributed by atoms with E-state index >= 15 is 0 Å². The fourth-order valence-electron chi connectivity index (χ4n) is 7.09. The molecule has 3 fully saturated rings. The van der Waals surface area contributed by atoms with Gasteiger partial charge in [0.2, 0.25) is 11.9 Å². The van der Waals surface area contributed by atoms with E-state index in [4.69, 9.17) is 4.74 Å². The molecular weight excluding hydrogens is 624 g/mol. The minimum atomic E-state index is -3.57. The van der Waals surface area contributed by atoms with Crippen LogP contribution >= 0.6 is 0 Å². The van der Waals surface area contributed by atoms with Crippen LogP contribution in [0.1, 0.15) is 61.7 Å². The zero-order valence-corrected chi connectivity index (χ0v) is 27.6. The van der Waals surface area contributed by atoms with Gasteiger partial charge in [-0.25, -0.2) is 9.99 Å². The van der Waals surface area contributed by atoms with Gasteiger partial charge in [0, 0.05) is 51.3 Å². The maximum Gasteiger partial charge on any atom is 0.342 e. The van der Waals surface area contributed by atoms with E-state index in [9.17, 15) is 23.2 Å². The summed E-state index contributed by atoms with van der Waals surface area (Å²) in [5.74, 6) is -3.61. The molecule has 3 N–H and O–H groups in total. The predicted molar refractivity (Wildman–Crippen MR) is 177 cm³/mol. The molecule has 3 amide bonds. The molecule has 0 atom stereocenters. The lowest BCUT2D eigenvalue weighted by atomic mass is 9.93. The van der Waals surface area contributed by atoms with Crippen molar-refractivity contribution in [2.24, 2.45) is 5.92 Å². The Morgan fingerprint density at radius 3 is 2.52 bits per heavy atom. The van der Waals surface area contributed by atoms with Crippen molar-refractivity contribution in [1.29, 1.82) is 0 Å². The molecule has 0 spiro atoms. The quantitative estimate of drug-likeness (QED) is 0.366. The molecule has 2 aromatic rings. The minimum absolute atomic E-state index is 0.140. The number of fused-ring (bicyclic) bond motifs is 1. The summed E-state index contributed by atoms with van der Waals surface area (Å²) in [7, 11) is 2.79. The normalized spacial score (nSPS) is 20.8. The van der Waals surface area contributed by atoms with Crippen molar-refractivity contribution in [3.05, 3.63) is 30.0 Å². The van der Waals surface area contributed by atoms with Crippen molar-refractivity contribution >= 4 is 40.9 Å². The first kappa shape index (κ1) is 33.8. The van der Waals surface area contributed by atoms with Gasteiger partial charge in [0.25, 0.3) is 11.8 Å². The molecule has 1 saturated carbocycles. The first-order valence-corrected chi connectivity index (χ1v) is 16.9. The summed E-state index contributed by atoms with van der Waals surface area (Å²) in [6, 6.07) is 4.75. The number of methoxy groups -OCH3 is 1. The Labute approximate surface area is 279 Å². The molecule has 6 rings (SSSR count). The Hall–Kier alpha value is -4.11. The SMILES string of the molecule is COc1cc(C(=O)NN2CCN(C(=O)CCC3CCNCC3)CC2)ccc1Nc1ncc2c(n1)N(C1CCCC1)CC(F)(F)C(=O)N2C. The number of carbonyl (C=O) groups is 3. The van der Waals surface area contributed by atoms with E-state index < -0.39 is 18.4 Å². The second-order valence-electron chi connectivity index (χ2n) is 13.1. The summed E-state index contributed by atoms with van der Waals surface area (Å²) in [5.41, 5.74) is 4.00. The molecule has 2 saturated heterocycles. The highest BCUT2D eigenvalue weighted by atomic mass is 19.3. The number of carbonyl (C=O) groups excluding carboxylic acids is 3. The number of hydrogen-bond acceptors (Lipinski definition) is 10. The maximum atomic E-state index is 14.9. The Bertz CT molecular complexity index is 1490. The van der Waals surface area contributed by atoms with Crippen LogP contribution < -0.4 is 30.6 Å². The number of hydrogen-bond donors (Lipinski definition) is 3. The number of rotatable bonds is 9. The van der Waals surface area contributed by atoms with Crippen LogP contribution in [-0.4, -0.2) is 110 Å². The van der Waals surface area contributed by atoms with Crippen molar-refractivity contribution < 1.29 is 27.9 Å². The molecule has 1 aliphatic carbocycles. The lowest BCUT2D eigenvalue weighted by molar-refractivity contribution is -0.140. The average Bonchev–Trinajstić information content (AvgIpc) is 3.63. The van der Waals surface area contributed by atoms with E-state index in [-0.39, 0.29) is 35.3 Å². The van der Waals surface area contributed by atoms with Crippen molar-refractivity contribution in [1.82, 2.24) is 30.6 Å². The van der Waals surface area contributed by atoms with E-state index in [2.05, 4.69) is 26.0 Å². The second kappa shape index (κ2) is 14.6. The number of piperazine rings is 1. The van der Waals surface area contributed by atoms with E-state index in [0.29, 0.717) is 55.5 Å². The Morgan fingerprint density at radius 2 is 1.81 bits per heavy atom. The van der Waals surface area contributed by atoms with Crippen molar-refractivity contribution in [2.45, 2.75) is 63.3 Å². The van der Waals surface area contributed by atoms with Crippen LogP contribution in [0, 0.1) is 5.92 Å². The lowest BCUT2D eigenvalue weighted by Gasteiger charge is -2.35. The highest BCUT2D eigenvalue weighted by Gasteiger charge is 2.48. The molecule has 260 valence electrons. The van der Waals surface area contributed by atoms with Gasteiger partial charge in [0.15, 0.2) is 5.82 Å². The lowest BCUT2D eigenvalue weighted by Crippen LogP contribution is -2.54. The molecular formula is C33H45F2N9O4. The molecule has 0 bridgehead atoms. The van der Waals surface area contributed by atoms with Crippen LogP contribution in [0.25, 0.3) is 0 Å². The summed E-state index contributed by atoms with van der Waals surface area (Å²) in [5, 5.41) is 8.28. The number of hydrazine groups is 1. The van der Waals surface area contributed by atoms with Gasteiger partial charge in [0.05, 0.1) is 25.5 Å². The van der Waals surface area contributed by atoms with Crippen LogP contribution in [-0.2, 0) is 9.59 Å². The van der Waals surface area contributed by atoms with Gasteiger partial charge in [-0.1, -0.05) is 12.8 Å². The predicted octanol–water partition coefficient (Wildman–Crippen LogP) is 3.16. The molecule has 13 nitrogen and oxygen atoms in total. The fourth-order valence-corrected chi connectivity index (χ4v) is 7.09. The number of nitrogens with one attached hydrogen (secondary N) is 3. The minimum Gasteiger partial charge on any atom is -0.495 e. The number of halogens is 2. The molecule has 15 heteroatoms. The average molecular weight is 670 g/mol. The molecule has 0 unspecified atom stereocenters. The second-order valence-corrected chi connectivity index (χ2v) is 13.1. The standard InChI is InChI=1S/C33H45F2N9O4/c1-41-26-20-37-32(39-29(26)44(24-5-3-4-6-24)21-33(34,35)31(41)47)38-25-9-8-23(19-27(25)48-2)30(46)40-43-17-15-42(16-18-43)28(45)10-7-22-11-13-36-14-12-22/h8-9,19-20,22,24,36H,3-7,10-18,21H2,1-2H3,(H,40,46)(H,37,38,39). The number of amides is 3. The summed E-state index contributed by atoms with van der Waals surface area (Å²) in [6.45, 7) is 3.47. The van der Waals surface area contributed by atoms with Gasteiger partial charge in [-0.2, -0.15) is 13.8 Å². The van der Waals surface area contributed by atoms with Gasteiger partial charge in [-0.05, 0) is 69.3 Å². The number of nitrogens with zero attached hydrogens (tertiary/aromatic N) is 6. The molecule has 4 aliphatic rings. The number of anilines is 4. The first-order valence-electron chi connectivity index (χ1n) is 16.9. The summed E-state index contributed by atoms with van der Waals surface area (Å²) in [4.78, 5) is 51.8. The fraction of sp³-hybridized carbons (Fsp3) is 0.606. The number of alkyl halides is 2. The van der Waals surface area contributed by atoms with Crippen LogP contribution in [0.4, 0.5) is 31.9 Å². The van der Waals surface area contributed by atoms with Gasteiger partial charge < -0.3 is 30.1 Å². The first-order chi connectivity index (χ1) is 23.1. The van der Waals surface area contributed by atoms with E-state index in [1.807, 2.05) is 9.91 Å². The van der Waals surface area contributed by atoms with Gasteiger partial charge in [-0.15, -0.1) is 0 Å². The zero-order chi connectivity index (χ0) is 33.8. The monoisotopic (exact) mass is 669 g/mol. The highest BCUT2D eigenvalue weighted by Crippen LogP contribution is 2.40. The molecule has 48 heavy (non-hydrogen) atoms. The van der Waals surface area contributed by atoms with Crippen LogP contribution in [0.2, 0.25) is 0 Å². The Kier molecular flexibility index (Phi) is 10.2. The van der Waals surface area contributed by atoms with Gasteiger partial charge in [-0.3, -0.25) is 19.8 Å². The molecule has 3 aliphatic heterocycles. The van der Waals surface area contributed by atoms with Crippen LogP contribution in [0.3, 0.4) is 0 Å². The summed E-state index contributed by atoms with van der Waals surface area (Å²) < 4.78 is 35.5. The number of ether oxygens (including phenoxy) is 1. The third kappa shape index (κ3) is 7.46. The summed E-state index contributed by atoms with van der Waals surface area (Å²) in [6.07, 6.45) is 8.46. The van der Waals surface area contributed by atoms with E-state index in [0.717, 1.165) is 62.9 Å². The molecule has 1 aromatic heterocycles. The summed E-state index contributed by atoms with van der Waals surface area (Å²) >= 11 is 0. The van der Waals surface area contributed by atoms with Crippen molar-refractivity contribution in [3.8, 4) is 5.75 Å². The van der Waals surface area contributed by atoms with Crippen molar-refractivity contribution in [2.75, 3.05) is 75.1 Å². The number of aromatic nitrogens is 2. The Balaban J connectivity index is 1.08. The largest absolute Gasteiger partial charge is 0.495 e. The smallest absolute Gasteiger partial charge is 0.342 e. The third-order valence-electron chi connectivity index (χ3n) is 9.96. The maximum absolute atomic E-state index is 14.9. The number of benzene rings is 1. The molecule has 4 heterocycles. The Morgan fingerprint density at radius 1 is 1.08 bits per heavy atom. The van der Waals surface area contributed by atoms with Crippen LogP contribution in [0.5, 0.6) is 5.75 Å². The van der Waals surface area contributed by atoms with Crippen molar-refractivity contribution in [3.63, 3.8) is 0 Å². The highest BCUT2D eigenvalue weighted by molar-refractivity contribution is 6.02. The van der Waals surface area contributed by atoms with E-state index in [1.54, 1.807) is 23.1 Å². The third-order valence-corrected chi connectivity index (χ3v) is 9.96. The van der Waals surface area contributed by atoms with Gasteiger partial charge >= 0.3 is 5.92 Å². The molecule has 1 aromatic carbocycles. The number of piperidine rings is 1. The zero-order valence-electron chi connectivity index (χ0n) is 27.6. The molecule has 0 radical (unpaired) electrons. The topological polar surface area (TPSA) is 135 Å². The van der Waals surface area contributed by atoms with Crippen LogP contribution in [0.15, 0.2) is 24.4 Å². The van der Waals surface area contributed by atoms with Gasteiger partial charge in [0.1, 0.15) is 11.4 Å².